The minimum atomic E-state index is -0.678. The molecule has 112 valence electrons. The molecule has 1 aliphatic carbocycles. The highest BCUT2D eigenvalue weighted by molar-refractivity contribution is 5.94. The van der Waals surface area contributed by atoms with Gasteiger partial charge in [0.05, 0.1) is 4.92 Å². The zero-order valence-electron chi connectivity index (χ0n) is 11.7. The first-order valence-corrected chi connectivity index (χ1v) is 6.96. The number of nitro groups is 1. The number of nitrogens with two attached hydrogens (primary N) is 1. The fourth-order valence-corrected chi connectivity index (χ4v) is 2.58. The van der Waals surface area contributed by atoms with Gasteiger partial charge in [0.2, 0.25) is 5.91 Å². The number of rotatable bonds is 5. The number of benzene rings is 2. The van der Waals surface area contributed by atoms with Crippen molar-refractivity contribution in [3.05, 3.63) is 69.8 Å². The summed E-state index contributed by atoms with van der Waals surface area (Å²) in [5, 5.41) is 14.4. The molecule has 0 unspecified atom stereocenters. The SMILES string of the molecule is NC(=O)c1ccc(N[C@H]2C[C@@H]2c2ccccc2)c([N+](=O)[O-])c1. The molecule has 22 heavy (non-hydrogen) atoms. The Kier molecular flexibility index (Phi) is 3.50. The van der Waals surface area contributed by atoms with Crippen LogP contribution in [-0.2, 0) is 0 Å². The third kappa shape index (κ3) is 2.76. The zero-order chi connectivity index (χ0) is 15.7. The van der Waals surface area contributed by atoms with Crippen LogP contribution in [0.2, 0.25) is 0 Å². The number of carbonyl (C=O) groups is 1. The minimum absolute atomic E-state index is 0.130. The summed E-state index contributed by atoms with van der Waals surface area (Å²) in [5.41, 5.74) is 6.80. The summed E-state index contributed by atoms with van der Waals surface area (Å²) in [6.45, 7) is 0. The molecule has 1 amide bonds. The van der Waals surface area contributed by atoms with Gasteiger partial charge < -0.3 is 11.1 Å². The number of carbonyl (C=O) groups excluding carboxylic acids is 1. The van der Waals surface area contributed by atoms with Crippen molar-refractivity contribution in [1.82, 2.24) is 0 Å². The Hall–Kier alpha value is -2.89. The molecular weight excluding hydrogens is 282 g/mol. The predicted molar refractivity (Wildman–Crippen MR) is 82.8 cm³/mol. The number of anilines is 1. The second-order valence-corrected chi connectivity index (χ2v) is 5.36. The zero-order valence-corrected chi connectivity index (χ0v) is 11.7. The molecule has 0 aliphatic heterocycles. The van der Waals surface area contributed by atoms with Crippen LogP contribution in [0.25, 0.3) is 0 Å². The second kappa shape index (κ2) is 5.48. The third-order valence-electron chi connectivity index (χ3n) is 3.84. The van der Waals surface area contributed by atoms with Gasteiger partial charge in [-0.15, -0.1) is 0 Å². The number of nitrogens with zero attached hydrogens (tertiary/aromatic N) is 1. The van der Waals surface area contributed by atoms with Gasteiger partial charge in [-0.2, -0.15) is 0 Å². The predicted octanol–water partition coefficient (Wildman–Crippen LogP) is 2.66. The topological polar surface area (TPSA) is 98.3 Å². The van der Waals surface area contributed by atoms with Crippen molar-refractivity contribution in [2.75, 3.05) is 5.32 Å². The molecule has 1 aliphatic rings. The highest BCUT2D eigenvalue weighted by Crippen LogP contribution is 2.43. The van der Waals surface area contributed by atoms with E-state index in [-0.39, 0.29) is 17.3 Å². The van der Waals surface area contributed by atoms with Crippen LogP contribution in [0, 0.1) is 10.1 Å². The molecule has 3 rings (SSSR count). The fourth-order valence-electron chi connectivity index (χ4n) is 2.58. The molecule has 6 nitrogen and oxygen atoms in total. The first kappa shape index (κ1) is 14.1. The van der Waals surface area contributed by atoms with Gasteiger partial charge >= 0.3 is 0 Å². The van der Waals surface area contributed by atoms with Crippen molar-refractivity contribution in [1.29, 1.82) is 0 Å². The summed E-state index contributed by atoms with van der Waals surface area (Å²) in [7, 11) is 0. The molecule has 0 aromatic heterocycles. The summed E-state index contributed by atoms with van der Waals surface area (Å²) >= 11 is 0. The van der Waals surface area contributed by atoms with Crippen LogP contribution in [-0.4, -0.2) is 16.9 Å². The first-order valence-electron chi connectivity index (χ1n) is 6.96. The van der Waals surface area contributed by atoms with E-state index in [9.17, 15) is 14.9 Å². The van der Waals surface area contributed by atoms with Gasteiger partial charge in [-0.05, 0) is 24.1 Å². The van der Waals surface area contributed by atoms with Crippen molar-refractivity contribution >= 4 is 17.3 Å². The van der Waals surface area contributed by atoms with Crippen LogP contribution in [0.5, 0.6) is 0 Å². The molecular formula is C16H15N3O3. The Balaban J connectivity index is 1.79. The Labute approximate surface area is 127 Å². The molecule has 2 aromatic rings. The van der Waals surface area contributed by atoms with Crippen molar-refractivity contribution in [3.8, 4) is 0 Å². The van der Waals surface area contributed by atoms with E-state index in [1.165, 1.54) is 17.7 Å². The third-order valence-corrected chi connectivity index (χ3v) is 3.84. The maximum absolute atomic E-state index is 11.2. The van der Waals surface area contributed by atoms with Gasteiger partial charge in [0.15, 0.2) is 0 Å². The number of primary amides is 1. The van der Waals surface area contributed by atoms with Crippen molar-refractivity contribution in [2.24, 2.45) is 5.73 Å². The van der Waals surface area contributed by atoms with Crippen molar-refractivity contribution < 1.29 is 9.72 Å². The maximum Gasteiger partial charge on any atom is 0.293 e. The summed E-state index contributed by atoms with van der Waals surface area (Å²) < 4.78 is 0. The smallest absolute Gasteiger partial charge is 0.293 e. The average molecular weight is 297 g/mol. The van der Waals surface area contributed by atoms with Crippen LogP contribution in [0.3, 0.4) is 0 Å². The number of hydrogen-bond acceptors (Lipinski definition) is 4. The molecule has 1 fully saturated rings. The monoisotopic (exact) mass is 297 g/mol. The molecule has 1 saturated carbocycles. The van der Waals surface area contributed by atoms with Crippen LogP contribution in [0.15, 0.2) is 48.5 Å². The van der Waals surface area contributed by atoms with Crippen LogP contribution in [0.1, 0.15) is 28.3 Å². The van der Waals surface area contributed by atoms with Gasteiger partial charge in [-0.25, -0.2) is 0 Å². The van der Waals surface area contributed by atoms with Crippen molar-refractivity contribution in [3.63, 3.8) is 0 Å². The number of nitrogens with one attached hydrogen (secondary N) is 1. The summed E-state index contributed by atoms with van der Waals surface area (Å²) in [6.07, 6.45) is 0.929. The lowest BCUT2D eigenvalue weighted by molar-refractivity contribution is -0.384. The summed E-state index contributed by atoms with van der Waals surface area (Å²) in [6, 6.07) is 14.4. The Morgan fingerprint density at radius 1 is 1.23 bits per heavy atom. The number of amides is 1. The molecule has 0 bridgehead atoms. The van der Waals surface area contributed by atoms with E-state index in [1.807, 2.05) is 18.2 Å². The van der Waals surface area contributed by atoms with Gasteiger partial charge in [0, 0.05) is 23.6 Å². The molecule has 0 spiro atoms. The molecule has 0 saturated heterocycles. The van der Waals surface area contributed by atoms with E-state index in [0.717, 1.165) is 6.42 Å². The standard InChI is InChI=1S/C16H15N3O3/c17-16(20)11-6-7-13(15(8-11)19(21)22)18-14-9-12(14)10-4-2-1-3-5-10/h1-8,12,14,18H,9H2,(H2,17,20)/t12-,14+/m1/s1. The van der Waals surface area contributed by atoms with Crippen LogP contribution >= 0.6 is 0 Å². The summed E-state index contributed by atoms with van der Waals surface area (Å²) in [4.78, 5) is 21.8. The van der Waals surface area contributed by atoms with E-state index < -0.39 is 10.8 Å². The largest absolute Gasteiger partial charge is 0.376 e. The molecule has 0 radical (unpaired) electrons. The fraction of sp³-hybridized carbons (Fsp3) is 0.188. The van der Waals surface area contributed by atoms with Crippen LogP contribution < -0.4 is 11.1 Å². The Morgan fingerprint density at radius 3 is 2.59 bits per heavy atom. The van der Waals surface area contributed by atoms with E-state index in [1.54, 1.807) is 6.07 Å². The normalized spacial score (nSPS) is 19.5. The van der Waals surface area contributed by atoms with Gasteiger partial charge in [-0.3, -0.25) is 14.9 Å². The lowest BCUT2D eigenvalue weighted by atomic mass is 10.1. The lowest BCUT2D eigenvalue weighted by Gasteiger charge is -2.08. The van der Waals surface area contributed by atoms with Crippen molar-refractivity contribution in [2.45, 2.75) is 18.4 Å². The van der Waals surface area contributed by atoms with Crippen LogP contribution in [0.4, 0.5) is 11.4 Å². The lowest BCUT2D eigenvalue weighted by Crippen LogP contribution is -2.12. The molecule has 2 aromatic carbocycles. The molecule has 2 atom stereocenters. The highest BCUT2D eigenvalue weighted by Gasteiger charge is 2.39. The average Bonchev–Trinajstić information content (AvgIpc) is 3.27. The first-order chi connectivity index (χ1) is 10.6. The van der Waals surface area contributed by atoms with Gasteiger partial charge in [-0.1, -0.05) is 30.3 Å². The number of hydrogen-bond donors (Lipinski definition) is 2. The highest BCUT2D eigenvalue weighted by atomic mass is 16.6. The van der Waals surface area contributed by atoms with E-state index in [4.69, 9.17) is 5.73 Å². The maximum atomic E-state index is 11.2. The number of nitro benzene ring substituents is 1. The Morgan fingerprint density at radius 2 is 1.95 bits per heavy atom. The quantitative estimate of drug-likeness (QED) is 0.654. The molecule has 6 heteroatoms. The van der Waals surface area contributed by atoms with E-state index >= 15 is 0 Å². The minimum Gasteiger partial charge on any atom is -0.376 e. The second-order valence-electron chi connectivity index (χ2n) is 5.36. The Bertz CT molecular complexity index is 731. The van der Waals surface area contributed by atoms with E-state index in [2.05, 4.69) is 17.4 Å². The van der Waals surface area contributed by atoms with Gasteiger partial charge in [0.1, 0.15) is 5.69 Å². The van der Waals surface area contributed by atoms with E-state index in [0.29, 0.717) is 11.6 Å². The molecule has 0 heterocycles. The molecule has 3 N–H and O–H groups in total. The summed E-state index contributed by atoms with van der Waals surface area (Å²) in [5.74, 6) is -0.320. The van der Waals surface area contributed by atoms with Gasteiger partial charge in [0.25, 0.3) is 5.69 Å².